The van der Waals surface area contributed by atoms with Gasteiger partial charge in [-0.25, -0.2) is 9.37 Å². The van der Waals surface area contributed by atoms with Gasteiger partial charge in [0.15, 0.2) is 0 Å². The van der Waals surface area contributed by atoms with Crippen molar-refractivity contribution in [1.29, 1.82) is 0 Å². The second kappa shape index (κ2) is 8.86. The number of amides is 1. The number of carbonyl (C=O) groups excluding carboxylic acids is 1. The van der Waals surface area contributed by atoms with Gasteiger partial charge in [0.25, 0.3) is 5.91 Å². The van der Waals surface area contributed by atoms with Crippen LogP contribution >= 0.6 is 11.6 Å². The van der Waals surface area contributed by atoms with Crippen LogP contribution in [-0.4, -0.2) is 15.8 Å². The van der Waals surface area contributed by atoms with Crippen molar-refractivity contribution >= 4 is 28.4 Å². The molecule has 0 spiro atoms. The van der Waals surface area contributed by atoms with Crippen LogP contribution in [-0.2, 0) is 13.1 Å². The maximum Gasteiger partial charge on any atom is 0.254 e. The zero-order valence-corrected chi connectivity index (χ0v) is 18.2. The first-order valence-electron chi connectivity index (χ1n) is 10.1. The molecule has 0 atom stereocenters. The highest BCUT2D eigenvalue weighted by Gasteiger charge is 2.19. The Hall–Kier alpha value is -3.24. The molecular weight excluding hydrogens is 411 g/mol. The zero-order valence-electron chi connectivity index (χ0n) is 17.4. The molecule has 0 aliphatic rings. The van der Waals surface area contributed by atoms with Crippen molar-refractivity contribution in [3.8, 4) is 0 Å². The van der Waals surface area contributed by atoms with E-state index >= 15 is 0 Å². The first kappa shape index (κ1) is 21.0. The van der Waals surface area contributed by atoms with Crippen LogP contribution in [0.2, 0.25) is 5.15 Å². The summed E-state index contributed by atoms with van der Waals surface area (Å²) in [5.74, 6) is -0.707. The molecule has 4 rings (SSSR count). The average molecular weight is 433 g/mol. The number of halogens is 2. The highest BCUT2D eigenvalue weighted by Crippen LogP contribution is 2.26. The molecule has 156 valence electrons. The van der Waals surface area contributed by atoms with Crippen molar-refractivity contribution in [2.75, 3.05) is 0 Å². The lowest BCUT2D eigenvalue weighted by Gasteiger charge is -2.24. The van der Waals surface area contributed by atoms with E-state index in [0.717, 1.165) is 33.2 Å². The van der Waals surface area contributed by atoms with E-state index in [9.17, 15) is 9.18 Å². The van der Waals surface area contributed by atoms with Gasteiger partial charge in [-0.2, -0.15) is 0 Å². The summed E-state index contributed by atoms with van der Waals surface area (Å²) in [6.45, 7) is 4.68. The van der Waals surface area contributed by atoms with Gasteiger partial charge in [0.05, 0.1) is 5.52 Å². The molecule has 4 aromatic rings. The summed E-state index contributed by atoms with van der Waals surface area (Å²) in [5, 5.41) is 1.35. The van der Waals surface area contributed by atoms with E-state index in [2.05, 4.69) is 17.1 Å². The lowest BCUT2D eigenvalue weighted by Crippen LogP contribution is -2.30. The largest absolute Gasteiger partial charge is 0.330 e. The molecule has 3 nitrogen and oxygen atoms in total. The van der Waals surface area contributed by atoms with E-state index in [-0.39, 0.29) is 12.5 Å². The van der Waals surface area contributed by atoms with Crippen LogP contribution in [0.25, 0.3) is 10.9 Å². The smallest absolute Gasteiger partial charge is 0.254 e. The molecular formula is C26H22ClFN2O. The molecule has 0 fully saturated rings. The molecule has 1 amide bonds. The Morgan fingerprint density at radius 1 is 0.968 bits per heavy atom. The summed E-state index contributed by atoms with van der Waals surface area (Å²) in [6.07, 6.45) is 0. The Balaban J connectivity index is 1.73. The molecule has 0 aliphatic carbocycles. The molecule has 0 saturated heterocycles. The fraction of sp³-hybridized carbons (Fsp3) is 0.154. The van der Waals surface area contributed by atoms with Gasteiger partial charge in [-0.15, -0.1) is 0 Å². The highest BCUT2D eigenvalue weighted by molar-refractivity contribution is 6.30. The van der Waals surface area contributed by atoms with Gasteiger partial charge < -0.3 is 4.90 Å². The summed E-state index contributed by atoms with van der Waals surface area (Å²) < 4.78 is 13.8. The van der Waals surface area contributed by atoms with Crippen molar-refractivity contribution in [1.82, 2.24) is 9.88 Å². The second-order valence-electron chi connectivity index (χ2n) is 7.75. The zero-order chi connectivity index (χ0) is 22.0. The van der Waals surface area contributed by atoms with Gasteiger partial charge in [0.1, 0.15) is 11.0 Å². The Labute approximate surface area is 186 Å². The number of nitrogens with zero attached hydrogens (tertiary/aromatic N) is 2. The van der Waals surface area contributed by atoms with Crippen LogP contribution < -0.4 is 0 Å². The number of hydrogen-bond donors (Lipinski definition) is 0. The Morgan fingerprint density at radius 2 is 1.74 bits per heavy atom. The quantitative estimate of drug-likeness (QED) is 0.338. The predicted octanol–water partition coefficient (Wildman–Crippen LogP) is 6.49. The molecule has 0 saturated carbocycles. The summed E-state index contributed by atoms with van der Waals surface area (Å²) in [4.78, 5) is 19.5. The van der Waals surface area contributed by atoms with Crippen LogP contribution in [0.3, 0.4) is 0 Å². The third-order valence-electron chi connectivity index (χ3n) is 5.22. The van der Waals surface area contributed by atoms with Gasteiger partial charge in [-0.3, -0.25) is 4.79 Å². The number of hydrogen-bond acceptors (Lipinski definition) is 2. The van der Waals surface area contributed by atoms with E-state index in [4.69, 9.17) is 11.6 Å². The normalized spacial score (nSPS) is 11.0. The standard InChI is InChI=1S/C26H22ClFN2O/c1-17-11-18(2)24-21(12-17)13-22(25(27)29-24)16-30(15-19-7-4-3-5-8-19)26(31)20-9-6-10-23(28)14-20/h3-14H,15-16H2,1-2H3. The summed E-state index contributed by atoms with van der Waals surface area (Å²) in [7, 11) is 0. The monoisotopic (exact) mass is 432 g/mol. The number of aryl methyl sites for hydroxylation is 2. The van der Waals surface area contributed by atoms with Gasteiger partial charge in [0.2, 0.25) is 0 Å². The SMILES string of the molecule is Cc1cc(C)c2nc(Cl)c(CN(Cc3ccccc3)C(=O)c3cccc(F)c3)cc2c1. The van der Waals surface area contributed by atoms with Crippen molar-refractivity contribution < 1.29 is 9.18 Å². The molecule has 3 aromatic carbocycles. The van der Waals surface area contributed by atoms with Crippen LogP contribution in [0.5, 0.6) is 0 Å². The van der Waals surface area contributed by atoms with E-state index in [0.29, 0.717) is 17.3 Å². The minimum absolute atomic E-state index is 0.263. The Kier molecular flexibility index (Phi) is 6.01. The van der Waals surface area contributed by atoms with E-state index in [1.807, 2.05) is 50.2 Å². The van der Waals surface area contributed by atoms with Crippen LogP contribution in [0, 0.1) is 19.7 Å². The van der Waals surface area contributed by atoms with Crippen LogP contribution in [0.15, 0.2) is 72.8 Å². The molecule has 0 radical (unpaired) electrons. The molecule has 1 aromatic heterocycles. The fourth-order valence-corrected chi connectivity index (χ4v) is 4.00. The number of fused-ring (bicyclic) bond motifs is 1. The lowest BCUT2D eigenvalue weighted by molar-refractivity contribution is 0.0729. The van der Waals surface area contributed by atoms with Gasteiger partial charge >= 0.3 is 0 Å². The molecule has 5 heteroatoms. The number of rotatable bonds is 5. The van der Waals surface area contributed by atoms with E-state index < -0.39 is 5.82 Å². The van der Waals surface area contributed by atoms with Crippen molar-refractivity contribution in [2.45, 2.75) is 26.9 Å². The van der Waals surface area contributed by atoms with Crippen LogP contribution in [0.4, 0.5) is 4.39 Å². The summed E-state index contributed by atoms with van der Waals surface area (Å²) >= 11 is 6.53. The van der Waals surface area contributed by atoms with E-state index in [1.165, 1.54) is 12.1 Å². The molecule has 1 heterocycles. The topological polar surface area (TPSA) is 33.2 Å². The molecule has 0 aliphatic heterocycles. The molecule has 0 unspecified atom stereocenters. The summed E-state index contributed by atoms with van der Waals surface area (Å²) in [5.41, 5.74) is 5.07. The number of aromatic nitrogens is 1. The molecule has 0 N–H and O–H groups in total. The summed E-state index contributed by atoms with van der Waals surface area (Å²) in [6, 6.07) is 21.6. The maximum atomic E-state index is 13.8. The number of benzene rings is 3. The second-order valence-corrected chi connectivity index (χ2v) is 8.11. The van der Waals surface area contributed by atoms with Crippen LogP contribution in [0.1, 0.15) is 32.6 Å². The lowest BCUT2D eigenvalue weighted by atomic mass is 10.0. The minimum atomic E-state index is -0.443. The molecule has 0 bridgehead atoms. The third kappa shape index (κ3) is 4.75. The maximum absolute atomic E-state index is 13.8. The van der Waals surface area contributed by atoms with Crippen molar-refractivity contribution in [2.24, 2.45) is 0 Å². The first-order chi connectivity index (χ1) is 14.9. The average Bonchev–Trinajstić information content (AvgIpc) is 2.74. The third-order valence-corrected chi connectivity index (χ3v) is 5.54. The number of carbonyl (C=O) groups is 1. The van der Waals surface area contributed by atoms with Crippen molar-refractivity contribution in [3.05, 3.63) is 112 Å². The predicted molar refractivity (Wildman–Crippen MR) is 123 cm³/mol. The number of pyridine rings is 1. The van der Waals surface area contributed by atoms with Gasteiger partial charge in [0, 0.05) is 29.6 Å². The molecule has 31 heavy (non-hydrogen) atoms. The first-order valence-corrected chi connectivity index (χ1v) is 10.4. The van der Waals surface area contributed by atoms with Gasteiger partial charge in [-0.1, -0.05) is 59.6 Å². The minimum Gasteiger partial charge on any atom is -0.330 e. The highest BCUT2D eigenvalue weighted by atomic mass is 35.5. The Morgan fingerprint density at radius 3 is 2.48 bits per heavy atom. The van der Waals surface area contributed by atoms with Gasteiger partial charge in [-0.05, 0) is 55.3 Å². The Bertz CT molecular complexity index is 1260. The fourth-order valence-electron chi connectivity index (χ4n) is 3.80. The van der Waals surface area contributed by atoms with Crippen molar-refractivity contribution in [3.63, 3.8) is 0 Å². The van der Waals surface area contributed by atoms with E-state index in [1.54, 1.807) is 17.0 Å².